The van der Waals surface area contributed by atoms with Gasteiger partial charge in [0.1, 0.15) is 0 Å². The first kappa shape index (κ1) is 25.9. The molecule has 1 aromatic carbocycles. The molecular weight excluding hydrogens is 533 g/mol. The first-order valence-electron chi connectivity index (χ1n) is 10.3. The largest absolute Gasteiger partial charge is 0.490 e. The number of nitrogens with zero attached hydrogens (tertiary/aromatic N) is 1. The molecule has 0 aliphatic carbocycles. The van der Waals surface area contributed by atoms with Crippen molar-refractivity contribution >= 4 is 39.4 Å². The van der Waals surface area contributed by atoms with Gasteiger partial charge >= 0.3 is 12.1 Å². The molecule has 4 rings (SSSR count). The second-order valence-electron chi connectivity index (χ2n) is 7.38. The molecule has 35 heavy (non-hydrogen) atoms. The van der Waals surface area contributed by atoms with Gasteiger partial charge in [-0.1, -0.05) is 28.1 Å². The third-order valence-corrected chi connectivity index (χ3v) is 5.30. The number of alkyl halides is 4. The molecule has 2 aromatic heterocycles. The molecule has 3 aromatic rings. The number of carbonyl (C=O) groups is 3. The molecule has 0 atom stereocenters. The number of pyridine rings is 1. The summed E-state index contributed by atoms with van der Waals surface area (Å²) in [6.45, 7) is 0.659. The molecule has 0 saturated heterocycles. The first-order chi connectivity index (χ1) is 16.6. The van der Waals surface area contributed by atoms with Crippen molar-refractivity contribution in [2.45, 2.75) is 19.0 Å². The van der Waals surface area contributed by atoms with Gasteiger partial charge in [-0.3, -0.25) is 14.6 Å². The quantitative estimate of drug-likeness (QED) is 0.349. The lowest BCUT2D eigenvalue weighted by molar-refractivity contribution is -0.192. The molecule has 12 heteroatoms. The Morgan fingerprint density at radius 3 is 2.40 bits per heavy atom. The first-order valence-corrected chi connectivity index (χ1v) is 11.4. The number of fused-ring (bicyclic) bond motifs is 1. The number of halogens is 4. The van der Waals surface area contributed by atoms with Crippen LogP contribution in [0, 0.1) is 0 Å². The van der Waals surface area contributed by atoms with Crippen LogP contribution >= 0.6 is 15.9 Å². The van der Waals surface area contributed by atoms with Crippen molar-refractivity contribution in [3.05, 3.63) is 59.9 Å². The number of aromatic amines is 1. The van der Waals surface area contributed by atoms with Gasteiger partial charge in [0.25, 0.3) is 5.91 Å². The fourth-order valence-electron chi connectivity index (χ4n) is 3.24. The van der Waals surface area contributed by atoms with Gasteiger partial charge in [-0.2, -0.15) is 13.2 Å². The number of carboxylic acid groups (broad SMARTS) is 1. The Kier molecular flexibility index (Phi) is 8.28. The van der Waals surface area contributed by atoms with Crippen molar-refractivity contribution in [1.82, 2.24) is 15.3 Å². The molecule has 2 amide bonds. The lowest BCUT2D eigenvalue weighted by Gasteiger charge is -2.11. The summed E-state index contributed by atoms with van der Waals surface area (Å²) in [6, 6.07) is 13.4. The predicted molar refractivity (Wildman–Crippen MR) is 126 cm³/mol. The van der Waals surface area contributed by atoms with Crippen LogP contribution in [0.1, 0.15) is 22.5 Å². The van der Waals surface area contributed by atoms with Crippen molar-refractivity contribution in [2.75, 3.05) is 17.2 Å². The zero-order valence-corrected chi connectivity index (χ0v) is 19.7. The zero-order chi connectivity index (χ0) is 25.6. The third kappa shape index (κ3) is 6.92. The Morgan fingerprint density at radius 1 is 1.11 bits per heavy atom. The highest BCUT2D eigenvalue weighted by molar-refractivity contribution is 9.09. The fourth-order valence-corrected chi connectivity index (χ4v) is 3.60. The van der Waals surface area contributed by atoms with Crippen LogP contribution in [0.2, 0.25) is 0 Å². The molecule has 8 nitrogen and oxygen atoms in total. The van der Waals surface area contributed by atoms with Crippen LogP contribution in [0.4, 0.5) is 18.9 Å². The number of rotatable bonds is 5. The van der Waals surface area contributed by atoms with Gasteiger partial charge in [0, 0.05) is 59.1 Å². The number of hydrogen-bond donors (Lipinski definition) is 4. The minimum atomic E-state index is -5.08. The van der Waals surface area contributed by atoms with Gasteiger partial charge < -0.3 is 20.7 Å². The highest BCUT2D eigenvalue weighted by atomic mass is 79.9. The zero-order valence-electron chi connectivity index (χ0n) is 18.1. The SMILES string of the molecule is O=C(CCBr)Nc1ccc(-c2cc(-c3cc4c([nH]3)CCNC4=O)ccn2)cc1.O=C(O)C(F)(F)F. The molecule has 0 radical (unpaired) electrons. The van der Waals surface area contributed by atoms with E-state index in [1.165, 1.54) is 0 Å². The molecular formula is C23H20BrF3N4O4. The second kappa shape index (κ2) is 11.2. The second-order valence-corrected chi connectivity index (χ2v) is 8.17. The third-order valence-electron chi connectivity index (χ3n) is 4.90. The van der Waals surface area contributed by atoms with E-state index in [4.69, 9.17) is 9.90 Å². The highest BCUT2D eigenvalue weighted by Crippen LogP contribution is 2.27. The number of hydrogen-bond acceptors (Lipinski definition) is 4. The summed E-state index contributed by atoms with van der Waals surface area (Å²) >= 11 is 3.26. The molecule has 1 aliphatic rings. The van der Waals surface area contributed by atoms with Gasteiger partial charge in [0.15, 0.2) is 0 Å². The van der Waals surface area contributed by atoms with E-state index >= 15 is 0 Å². The summed E-state index contributed by atoms with van der Waals surface area (Å²) < 4.78 is 31.7. The van der Waals surface area contributed by atoms with Crippen LogP contribution in [-0.4, -0.2) is 50.9 Å². The molecule has 0 saturated carbocycles. The Labute approximate surface area is 206 Å². The van der Waals surface area contributed by atoms with Crippen LogP contribution in [0.3, 0.4) is 0 Å². The van der Waals surface area contributed by atoms with E-state index in [0.29, 0.717) is 23.9 Å². The number of anilines is 1. The molecule has 184 valence electrons. The van der Waals surface area contributed by atoms with Crippen LogP contribution in [0.25, 0.3) is 22.5 Å². The molecule has 0 spiro atoms. The van der Waals surface area contributed by atoms with Gasteiger partial charge in [-0.05, 0) is 30.3 Å². The van der Waals surface area contributed by atoms with E-state index in [-0.39, 0.29) is 11.8 Å². The Bertz CT molecular complexity index is 1230. The maximum Gasteiger partial charge on any atom is 0.490 e. The number of carbonyl (C=O) groups excluding carboxylic acids is 2. The van der Waals surface area contributed by atoms with E-state index in [2.05, 4.69) is 36.5 Å². The van der Waals surface area contributed by atoms with E-state index in [1.807, 2.05) is 42.5 Å². The van der Waals surface area contributed by atoms with Crippen LogP contribution in [0.5, 0.6) is 0 Å². The summed E-state index contributed by atoms with van der Waals surface area (Å²) in [5.41, 5.74) is 6.10. The van der Waals surface area contributed by atoms with Crippen molar-refractivity contribution in [3.63, 3.8) is 0 Å². The normalized spacial score (nSPS) is 12.6. The fraction of sp³-hybridized carbons (Fsp3) is 0.217. The van der Waals surface area contributed by atoms with Gasteiger partial charge in [0.05, 0.1) is 11.3 Å². The molecule has 1 aliphatic heterocycles. The molecule has 0 fully saturated rings. The van der Waals surface area contributed by atoms with Gasteiger partial charge in [-0.15, -0.1) is 0 Å². The maximum atomic E-state index is 12.0. The van der Waals surface area contributed by atoms with Crippen molar-refractivity contribution in [1.29, 1.82) is 0 Å². The minimum absolute atomic E-state index is 0.0236. The van der Waals surface area contributed by atoms with Gasteiger partial charge in [-0.25, -0.2) is 4.79 Å². The molecule has 3 heterocycles. The van der Waals surface area contributed by atoms with E-state index < -0.39 is 12.1 Å². The number of aromatic nitrogens is 2. The predicted octanol–water partition coefficient (Wildman–Crippen LogP) is 4.39. The maximum absolute atomic E-state index is 12.0. The van der Waals surface area contributed by atoms with Crippen LogP contribution < -0.4 is 10.6 Å². The standard InChI is InChI=1S/C21H19BrN4O2.C2HF3O2/c22-8-5-20(27)25-15-3-1-13(2-4-15)18-11-14(6-9-23-18)19-12-16-17(26-19)7-10-24-21(16)28;3-2(4,5)1(6)7/h1-4,6,9,11-12,26H,5,7-8,10H2,(H,24,28)(H,25,27);(H,6,7). The summed E-state index contributed by atoms with van der Waals surface area (Å²) in [4.78, 5) is 40.4. The summed E-state index contributed by atoms with van der Waals surface area (Å²) in [6.07, 6.45) is -2.08. The van der Waals surface area contributed by atoms with Crippen molar-refractivity contribution in [3.8, 4) is 22.5 Å². The molecule has 0 unspecified atom stereocenters. The van der Waals surface area contributed by atoms with Crippen molar-refractivity contribution < 1.29 is 32.7 Å². The number of H-pyrrole nitrogens is 1. The minimum Gasteiger partial charge on any atom is -0.475 e. The number of nitrogens with one attached hydrogen (secondary N) is 3. The highest BCUT2D eigenvalue weighted by Gasteiger charge is 2.38. The summed E-state index contributed by atoms with van der Waals surface area (Å²) in [5.74, 6) is -2.81. The average molecular weight is 553 g/mol. The molecule has 4 N–H and O–H groups in total. The monoisotopic (exact) mass is 552 g/mol. The lowest BCUT2D eigenvalue weighted by Crippen LogP contribution is -2.31. The van der Waals surface area contributed by atoms with E-state index in [1.54, 1.807) is 6.20 Å². The summed E-state index contributed by atoms with van der Waals surface area (Å²) in [5, 5.41) is 13.5. The lowest BCUT2D eigenvalue weighted by atomic mass is 10.1. The Morgan fingerprint density at radius 2 is 1.80 bits per heavy atom. The van der Waals surface area contributed by atoms with Crippen molar-refractivity contribution in [2.24, 2.45) is 0 Å². The van der Waals surface area contributed by atoms with E-state index in [0.717, 1.165) is 40.3 Å². The topological polar surface area (TPSA) is 124 Å². The number of benzene rings is 1. The number of amides is 2. The Balaban J connectivity index is 0.000000429. The Hall–Kier alpha value is -3.67. The van der Waals surface area contributed by atoms with E-state index in [9.17, 15) is 22.8 Å². The number of carboxylic acids is 1. The van der Waals surface area contributed by atoms with Crippen LogP contribution in [0.15, 0.2) is 48.7 Å². The smallest absolute Gasteiger partial charge is 0.475 e. The van der Waals surface area contributed by atoms with Crippen LogP contribution in [-0.2, 0) is 16.0 Å². The number of aliphatic carboxylic acids is 1. The average Bonchev–Trinajstić information content (AvgIpc) is 3.26. The summed E-state index contributed by atoms with van der Waals surface area (Å²) in [7, 11) is 0. The molecule has 0 bridgehead atoms. The van der Waals surface area contributed by atoms with Gasteiger partial charge in [0.2, 0.25) is 5.91 Å².